The first-order chi connectivity index (χ1) is 5.66. The first kappa shape index (κ1) is 10.4. The standard InChI is InChI=1S/C9H19O2P/c1-9(5-6-11-12)4-2-3-8(10)7-9/h8,10H,2-7,12H2,1H3/t8?,9-/m0/s1. The van der Waals surface area contributed by atoms with Gasteiger partial charge in [-0.3, -0.25) is 0 Å². The molecule has 1 rings (SSSR count). The maximum absolute atomic E-state index is 9.50. The summed E-state index contributed by atoms with van der Waals surface area (Å²) >= 11 is 0. The molecule has 1 saturated carbocycles. The minimum atomic E-state index is -0.0757. The summed E-state index contributed by atoms with van der Waals surface area (Å²) in [5, 5.41) is 9.50. The van der Waals surface area contributed by atoms with E-state index in [1.807, 2.05) is 0 Å². The summed E-state index contributed by atoms with van der Waals surface area (Å²) in [5.41, 5.74) is 0.314. The zero-order valence-corrected chi connectivity index (χ0v) is 8.91. The second-order valence-electron chi connectivity index (χ2n) is 4.18. The predicted molar refractivity (Wildman–Crippen MR) is 52.9 cm³/mol. The van der Waals surface area contributed by atoms with Crippen LogP contribution in [0.5, 0.6) is 0 Å². The van der Waals surface area contributed by atoms with Gasteiger partial charge < -0.3 is 9.63 Å². The van der Waals surface area contributed by atoms with Gasteiger partial charge in [-0.25, -0.2) is 0 Å². The molecule has 2 unspecified atom stereocenters. The molecule has 72 valence electrons. The number of aliphatic hydroxyl groups is 1. The molecule has 1 fully saturated rings. The molecule has 1 aliphatic rings. The maximum Gasteiger partial charge on any atom is 0.0545 e. The van der Waals surface area contributed by atoms with Crippen molar-refractivity contribution >= 4 is 9.47 Å². The Labute approximate surface area is 77.0 Å². The topological polar surface area (TPSA) is 29.5 Å². The molecule has 3 atom stereocenters. The SMILES string of the molecule is C[C@@]1(CCOP)CCCC(O)C1. The molecule has 3 heteroatoms. The fraction of sp³-hybridized carbons (Fsp3) is 1.00. The molecule has 0 spiro atoms. The van der Waals surface area contributed by atoms with Crippen molar-refractivity contribution in [1.82, 2.24) is 0 Å². The van der Waals surface area contributed by atoms with E-state index in [0.29, 0.717) is 5.41 Å². The molecule has 0 saturated heterocycles. The lowest BCUT2D eigenvalue weighted by atomic mass is 9.72. The summed E-state index contributed by atoms with van der Waals surface area (Å²) in [5.74, 6) is 0. The van der Waals surface area contributed by atoms with E-state index in [1.54, 1.807) is 0 Å². The molecule has 1 aliphatic carbocycles. The molecule has 0 amide bonds. The van der Waals surface area contributed by atoms with Crippen molar-refractivity contribution in [1.29, 1.82) is 0 Å². The molecule has 0 aromatic carbocycles. The highest BCUT2D eigenvalue weighted by molar-refractivity contribution is 7.09. The van der Waals surface area contributed by atoms with E-state index in [0.717, 1.165) is 32.3 Å². The van der Waals surface area contributed by atoms with E-state index in [9.17, 15) is 5.11 Å². The molecular weight excluding hydrogens is 171 g/mol. The first-order valence-electron chi connectivity index (χ1n) is 4.66. The Balaban J connectivity index is 2.35. The molecule has 0 heterocycles. The Kier molecular flexibility index (Phi) is 3.95. The van der Waals surface area contributed by atoms with Gasteiger partial charge in [0.1, 0.15) is 0 Å². The molecule has 12 heavy (non-hydrogen) atoms. The normalized spacial score (nSPS) is 36.8. The van der Waals surface area contributed by atoms with E-state index in [1.165, 1.54) is 6.42 Å². The van der Waals surface area contributed by atoms with Crippen molar-refractivity contribution in [2.24, 2.45) is 5.41 Å². The van der Waals surface area contributed by atoms with Gasteiger partial charge >= 0.3 is 0 Å². The van der Waals surface area contributed by atoms with Crippen LogP contribution in [-0.2, 0) is 4.52 Å². The van der Waals surface area contributed by atoms with Crippen LogP contribution >= 0.6 is 9.47 Å². The van der Waals surface area contributed by atoms with Crippen molar-refractivity contribution in [2.45, 2.75) is 45.1 Å². The quantitative estimate of drug-likeness (QED) is 0.691. The lowest BCUT2D eigenvalue weighted by Gasteiger charge is -2.36. The lowest BCUT2D eigenvalue weighted by molar-refractivity contribution is 0.0452. The zero-order chi connectivity index (χ0) is 9.03. The second-order valence-corrected chi connectivity index (χ2v) is 4.51. The third-order valence-electron chi connectivity index (χ3n) is 2.87. The molecular formula is C9H19O2P. The smallest absolute Gasteiger partial charge is 0.0545 e. The largest absolute Gasteiger partial charge is 0.393 e. The highest BCUT2D eigenvalue weighted by atomic mass is 31.0. The van der Waals surface area contributed by atoms with Gasteiger partial charge in [-0.1, -0.05) is 13.3 Å². The Hall–Kier alpha value is 0.350. The predicted octanol–water partition coefficient (Wildman–Crippen LogP) is 2.12. The number of hydrogen-bond acceptors (Lipinski definition) is 2. The van der Waals surface area contributed by atoms with E-state index in [-0.39, 0.29) is 6.10 Å². The Bertz CT molecular complexity index is 140. The average molecular weight is 190 g/mol. The highest BCUT2D eigenvalue weighted by Gasteiger charge is 2.30. The summed E-state index contributed by atoms with van der Waals surface area (Å²) < 4.78 is 4.98. The molecule has 0 aromatic rings. The number of rotatable bonds is 3. The highest BCUT2D eigenvalue weighted by Crippen LogP contribution is 2.38. The van der Waals surface area contributed by atoms with Crippen molar-refractivity contribution < 1.29 is 9.63 Å². The van der Waals surface area contributed by atoms with Crippen LogP contribution in [0, 0.1) is 5.41 Å². The molecule has 1 N–H and O–H groups in total. The van der Waals surface area contributed by atoms with E-state index in [4.69, 9.17) is 4.52 Å². The van der Waals surface area contributed by atoms with Crippen LogP contribution < -0.4 is 0 Å². The number of hydrogen-bond donors (Lipinski definition) is 1. The summed E-state index contributed by atoms with van der Waals surface area (Å²) in [7, 11) is 2.28. The second kappa shape index (κ2) is 4.55. The van der Waals surface area contributed by atoms with E-state index in [2.05, 4.69) is 16.4 Å². The Morgan fingerprint density at radius 3 is 3.00 bits per heavy atom. The van der Waals surface area contributed by atoms with Gasteiger partial charge in [-0.15, -0.1) is 0 Å². The first-order valence-corrected chi connectivity index (χ1v) is 5.13. The van der Waals surface area contributed by atoms with Gasteiger partial charge in [0.25, 0.3) is 0 Å². The number of aliphatic hydroxyl groups excluding tert-OH is 1. The van der Waals surface area contributed by atoms with Crippen LogP contribution in [0.25, 0.3) is 0 Å². The monoisotopic (exact) mass is 190 g/mol. The molecule has 2 nitrogen and oxygen atoms in total. The van der Waals surface area contributed by atoms with Gasteiger partial charge in [0.05, 0.1) is 12.7 Å². The minimum absolute atomic E-state index is 0.0757. The van der Waals surface area contributed by atoms with Crippen molar-refractivity contribution in [3.05, 3.63) is 0 Å². The zero-order valence-electron chi connectivity index (χ0n) is 7.75. The maximum atomic E-state index is 9.50. The molecule has 0 aromatic heterocycles. The molecule has 0 radical (unpaired) electrons. The lowest BCUT2D eigenvalue weighted by Crippen LogP contribution is -2.29. The van der Waals surface area contributed by atoms with Crippen LogP contribution in [0.2, 0.25) is 0 Å². The van der Waals surface area contributed by atoms with Crippen molar-refractivity contribution in [3.63, 3.8) is 0 Å². The summed E-state index contributed by atoms with van der Waals surface area (Å²) in [6, 6.07) is 0. The third kappa shape index (κ3) is 3.01. The summed E-state index contributed by atoms with van der Waals surface area (Å²) in [6.07, 6.45) is 5.31. The van der Waals surface area contributed by atoms with E-state index < -0.39 is 0 Å². The minimum Gasteiger partial charge on any atom is -0.393 e. The van der Waals surface area contributed by atoms with Crippen LogP contribution in [0.4, 0.5) is 0 Å². The summed E-state index contributed by atoms with van der Waals surface area (Å²) in [6.45, 7) is 3.03. The van der Waals surface area contributed by atoms with Gasteiger partial charge in [0.2, 0.25) is 0 Å². The summed E-state index contributed by atoms with van der Waals surface area (Å²) in [4.78, 5) is 0. The fourth-order valence-corrected chi connectivity index (χ4v) is 2.19. The Morgan fingerprint density at radius 2 is 2.42 bits per heavy atom. The fourth-order valence-electron chi connectivity index (χ4n) is 2.07. The van der Waals surface area contributed by atoms with Crippen molar-refractivity contribution in [3.8, 4) is 0 Å². The van der Waals surface area contributed by atoms with Gasteiger partial charge in [0, 0.05) is 9.47 Å². The van der Waals surface area contributed by atoms with Gasteiger partial charge in [-0.2, -0.15) is 0 Å². The van der Waals surface area contributed by atoms with Crippen LogP contribution in [0.15, 0.2) is 0 Å². The molecule has 0 bridgehead atoms. The van der Waals surface area contributed by atoms with Crippen LogP contribution in [0.1, 0.15) is 39.0 Å². The van der Waals surface area contributed by atoms with Gasteiger partial charge in [0.15, 0.2) is 0 Å². The average Bonchev–Trinajstić information content (AvgIpc) is 2.01. The molecule has 0 aliphatic heterocycles. The third-order valence-corrected chi connectivity index (χ3v) is 3.11. The van der Waals surface area contributed by atoms with E-state index >= 15 is 0 Å². The van der Waals surface area contributed by atoms with Crippen LogP contribution in [-0.4, -0.2) is 17.8 Å². The van der Waals surface area contributed by atoms with Crippen molar-refractivity contribution in [2.75, 3.05) is 6.61 Å². The van der Waals surface area contributed by atoms with Crippen LogP contribution in [0.3, 0.4) is 0 Å². The van der Waals surface area contributed by atoms with Gasteiger partial charge in [-0.05, 0) is 31.1 Å². The Morgan fingerprint density at radius 1 is 1.67 bits per heavy atom.